The number of nitrogens with zero attached hydrogens (tertiary/aromatic N) is 3. The number of benzene rings is 1. The second-order valence-corrected chi connectivity index (χ2v) is 5.05. The number of hydrogen-bond acceptors (Lipinski definition) is 3. The van der Waals surface area contributed by atoms with Gasteiger partial charge in [-0.3, -0.25) is 9.67 Å². The molecule has 2 aromatic heterocycles. The van der Waals surface area contributed by atoms with E-state index in [0.717, 1.165) is 26.6 Å². The summed E-state index contributed by atoms with van der Waals surface area (Å²) in [5.74, 6) is 0. The lowest BCUT2D eigenvalue weighted by atomic mass is 10.2. The van der Waals surface area contributed by atoms with Crippen LogP contribution in [0.4, 0.5) is 5.69 Å². The second-order valence-electron chi connectivity index (χ2n) is 4.13. The van der Waals surface area contributed by atoms with E-state index in [1.54, 1.807) is 6.20 Å². The van der Waals surface area contributed by atoms with E-state index in [9.17, 15) is 0 Å². The predicted molar refractivity (Wildman–Crippen MR) is 75.2 cm³/mol. The van der Waals surface area contributed by atoms with Crippen LogP contribution in [0.5, 0.6) is 0 Å². The van der Waals surface area contributed by atoms with Crippen LogP contribution in [0.2, 0.25) is 0 Å². The Kier molecular flexibility index (Phi) is 2.76. The Morgan fingerprint density at radius 3 is 2.89 bits per heavy atom. The van der Waals surface area contributed by atoms with Crippen molar-refractivity contribution in [1.82, 2.24) is 14.8 Å². The standard InChI is InChI=1S/C13H11BrN4/c14-11-3-9(5-16-7-11)8-18-13-4-12(15)2-1-10(13)6-17-18/h1-7H,8,15H2. The molecule has 1 aromatic carbocycles. The van der Waals surface area contributed by atoms with E-state index in [-0.39, 0.29) is 0 Å². The maximum Gasteiger partial charge on any atom is 0.0706 e. The summed E-state index contributed by atoms with van der Waals surface area (Å²) in [6, 6.07) is 7.84. The van der Waals surface area contributed by atoms with Gasteiger partial charge in [-0.15, -0.1) is 0 Å². The van der Waals surface area contributed by atoms with E-state index in [4.69, 9.17) is 5.73 Å². The van der Waals surface area contributed by atoms with E-state index in [1.807, 2.05) is 41.3 Å². The highest BCUT2D eigenvalue weighted by Gasteiger charge is 2.04. The van der Waals surface area contributed by atoms with Gasteiger partial charge in [-0.05, 0) is 45.8 Å². The van der Waals surface area contributed by atoms with Crippen LogP contribution in [0.3, 0.4) is 0 Å². The molecule has 0 aliphatic heterocycles. The number of anilines is 1. The fourth-order valence-electron chi connectivity index (χ4n) is 1.93. The van der Waals surface area contributed by atoms with Gasteiger partial charge in [-0.25, -0.2) is 0 Å². The lowest BCUT2D eigenvalue weighted by Crippen LogP contribution is -2.02. The highest BCUT2D eigenvalue weighted by Crippen LogP contribution is 2.18. The molecule has 0 bridgehead atoms. The molecule has 0 atom stereocenters. The third-order valence-electron chi connectivity index (χ3n) is 2.76. The van der Waals surface area contributed by atoms with Gasteiger partial charge >= 0.3 is 0 Å². The minimum Gasteiger partial charge on any atom is -0.399 e. The Bertz CT molecular complexity index is 705. The van der Waals surface area contributed by atoms with Crippen LogP contribution in [0, 0.1) is 0 Å². The van der Waals surface area contributed by atoms with E-state index >= 15 is 0 Å². The summed E-state index contributed by atoms with van der Waals surface area (Å²) in [7, 11) is 0. The molecule has 0 amide bonds. The number of pyridine rings is 1. The summed E-state index contributed by atoms with van der Waals surface area (Å²) in [5.41, 5.74) is 8.69. The minimum absolute atomic E-state index is 0.680. The molecule has 3 aromatic rings. The Morgan fingerprint density at radius 2 is 2.06 bits per heavy atom. The quantitative estimate of drug-likeness (QED) is 0.741. The van der Waals surface area contributed by atoms with Crippen LogP contribution in [0.1, 0.15) is 5.56 Å². The summed E-state index contributed by atoms with van der Waals surface area (Å²) in [6.07, 6.45) is 5.45. The molecule has 2 N–H and O–H groups in total. The van der Waals surface area contributed by atoms with Crippen LogP contribution >= 0.6 is 15.9 Å². The maximum absolute atomic E-state index is 5.81. The molecule has 5 heteroatoms. The van der Waals surface area contributed by atoms with Crippen molar-refractivity contribution in [2.24, 2.45) is 0 Å². The summed E-state index contributed by atoms with van der Waals surface area (Å²) in [5, 5.41) is 5.47. The Hall–Kier alpha value is -1.88. The zero-order valence-corrected chi connectivity index (χ0v) is 11.1. The average molecular weight is 303 g/mol. The molecule has 0 saturated carbocycles. The monoisotopic (exact) mass is 302 g/mol. The molecule has 3 rings (SSSR count). The topological polar surface area (TPSA) is 56.7 Å². The molecule has 0 unspecified atom stereocenters. The fraction of sp³-hybridized carbons (Fsp3) is 0.0769. The van der Waals surface area contributed by atoms with Gasteiger partial charge in [0, 0.05) is 27.9 Å². The first-order chi connectivity index (χ1) is 8.72. The number of aromatic nitrogens is 3. The first-order valence-electron chi connectivity index (χ1n) is 5.53. The summed E-state index contributed by atoms with van der Waals surface area (Å²) < 4.78 is 2.89. The third kappa shape index (κ3) is 2.09. The summed E-state index contributed by atoms with van der Waals surface area (Å²) in [6.45, 7) is 0.680. The molecule has 0 fully saturated rings. The lowest BCUT2D eigenvalue weighted by molar-refractivity contribution is 0.709. The van der Waals surface area contributed by atoms with Gasteiger partial charge in [0.15, 0.2) is 0 Å². The van der Waals surface area contributed by atoms with Crippen molar-refractivity contribution in [1.29, 1.82) is 0 Å². The van der Waals surface area contributed by atoms with Crippen molar-refractivity contribution in [3.05, 3.63) is 52.9 Å². The third-order valence-corrected chi connectivity index (χ3v) is 3.20. The summed E-state index contributed by atoms with van der Waals surface area (Å²) >= 11 is 3.42. The fourth-order valence-corrected chi connectivity index (χ4v) is 2.34. The van der Waals surface area contributed by atoms with Crippen LogP contribution in [0.25, 0.3) is 10.9 Å². The van der Waals surface area contributed by atoms with Gasteiger partial charge in [0.05, 0.1) is 18.3 Å². The minimum atomic E-state index is 0.680. The molecular weight excluding hydrogens is 292 g/mol. The zero-order valence-electron chi connectivity index (χ0n) is 9.55. The smallest absolute Gasteiger partial charge is 0.0706 e. The molecule has 4 nitrogen and oxygen atoms in total. The van der Waals surface area contributed by atoms with Gasteiger partial charge in [-0.2, -0.15) is 5.10 Å². The molecule has 0 spiro atoms. The molecule has 2 heterocycles. The predicted octanol–water partition coefficient (Wildman–Crippen LogP) is 2.82. The van der Waals surface area contributed by atoms with Crippen molar-refractivity contribution in [3.63, 3.8) is 0 Å². The highest BCUT2D eigenvalue weighted by molar-refractivity contribution is 9.10. The number of rotatable bonds is 2. The van der Waals surface area contributed by atoms with Crippen LogP contribution in [0.15, 0.2) is 47.3 Å². The molecule has 0 aliphatic rings. The average Bonchev–Trinajstić information content (AvgIpc) is 2.72. The van der Waals surface area contributed by atoms with E-state index < -0.39 is 0 Å². The number of nitrogen functional groups attached to an aromatic ring is 1. The van der Waals surface area contributed by atoms with Crippen LogP contribution in [-0.2, 0) is 6.54 Å². The number of hydrogen-bond donors (Lipinski definition) is 1. The van der Waals surface area contributed by atoms with Gasteiger partial charge in [0.2, 0.25) is 0 Å². The van der Waals surface area contributed by atoms with Crippen molar-refractivity contribution < 1.29 is 0 Å². The largest absolute Gasteiger partial charge is 0.399 e. The molecule has 0 radical (unpaired) electrons. The van der Waals surface area contributed by atoms with Crippen molar-refractivity contribution in [3.8, 4) is 0 Å². The normalized spacial score (nSPS) is 10.9. The Morgan fingerprint density at radius 1 is 1.17 bits per heavy atom. The van der Waals surface area contributed by atoms with E-state index in [2.05, 4.69) is 26.0 Å². The SMILES string of the molecule is Nc1ccc2cnn(Cc3cncc(Br)c3)c2c1. The lowest BCUT2D eigenvalue weighted by Gasteiger charge is -2.04. The van der Waals surface area contributed by atoms with E-state index in [0.29, 0.717) is 6.54 Å². The molecule has 0 aliphatic carbocycles. The van der Waals surface area contributed by atoms with Crippen molar-refractivity contribution in [2.75, 3.05) is 5.73 Å². The van der Waals surface area contributed by atoms with Crippen molar-refractivity contribution >= 4 is 32.5 Å². The van der Waals surface area contributed by atoms with Gasteiger partial charge in [-0.1, -0.05) is 0 Å². The van der Waals surface area contributed by atoms with Crippen molar-refractivity contribution in [2.45, 2.75) is 6.54 Å². The summed E-state index contributed by atoms with van der Waals surface area (Å²) in [4.78, 5) is 4.15. The molecule has 90 valence electrons. The Balaban J connectivity index is 2.02. The second kappa shape index (κ2) is 4.42. The molecule has 0 saturated heterocycles. The highest BCUT2D eigenvalue weighted by atomic mass is 79.9. The zero-order chi connectivity index (χ0) is 12.5. The number of fused-ring (bicyclic) bond motifs is 1. The van der Waals surface area contributed by atoms with Crippen LogP contribution < -0.4 is 5.73 Å². The first-order valence-corrected chi connectivity index (χ1v) is 6.32. The van der Waals surface area contributed by atoms with Crippen LogP contribution in [-0.4, -0.2) is 14.8 Å². The maximum atomic E-state index is 5.81. The molecular formula is C13H11BrN4. The van der Waals surface area contributed by atoms with Gasteiger partial charge < -0.3 is 5.73 Å². The molecule has 18 heavy (non-hydrogen) atoms. The van der Waals surface area contributed by atoms with Gasteiger partial charge in [0.25, 0.3) is 0 Å². The van der Waals surface area contributed by atoms with E-state index in [1.165, 1.54) is 0 Å². The number of nitrogens with two attached hydrogens (primary N) is 1. The first kappa shape index (κ1) is 11.2. The number of halogens is 1. The Labute approximate surface area is 113 Å². The van der Waals surface area contributed by atoms with Gasteiger partial charge in [0.1, 0.15) is 0 Å².